The number of amides is 1. The van der Waals surface area contributed by atoms with Crippen molar-refractivity contribution in [3.05, 3.63) is 64.1 Å². The summed E-state index contributed by atoms with van der Waals surface area (Å²) < 4.78 is 6.53. The number of benzene rings is 2. The van der Waals surface area contributed by atoms with Crippen molar-refractivity contribution in [3.63, 3.8) is 0 Å². The Labute approximate surface area is 133 Å². The van der Waals surface area contributed by atoms with Gasteiger partial charge in [0.15, 0.2) is 0 Å². The summed E-state index contributed by atoms with van der Waals surface area (Å²) in [6.07, 6.45) is 0. The van der Waals surface area contributed by atoms with Gasteiger partial charge >= 0.3 is 0 Å². The standard InChI is InChI=1S/C17H18BrNO2/c1-13-7-3-6-10-16(13)21-12-11-19(2)17(20)14-8-4-5-9-15(14)18/h3-10H,11-12H2,1-2H3. The minimum absolute atomic E-state index is 0.0177. The molecule has 0 N–H and O–H groups in total. The van der Waals surface area contributed by atoms with Gasteiger partial charge in [-0.25, -0.2) is 0 Å². The van der Waals surface area contributed by atoms with Crippen molar-refractivity contribution < 1.29 is 9.53 Å². The van der Waals surface area contributed by atoms with Gasteiger partial charge < -0.3 is 9.64 Å². The quantitative estimate of drug-likeness (QED) is 0.820. The number of hydrogen-bond acceptors (Lipinski definition) is 2. The van der Waals surface area contributed by atoms with Gasteiger partial charge in [-0.1, -0.05) is 30.3 Å². The fraction of sp³-hybridized carbons (Fsp3) is 0.235. The second-order valence-corrected chi connectivity index (χ2v) is 5.67. The van der Waals surface area contributed by atoms with Crippen LogP contribution in [0.25, 0.3) is 0 Å². The van der Waals surface area contributed by atoms with E-state index in [0.29, 0.717) is 18.7 Å². The minimum Gasteiger partial charge on any atom is -0.491 e. The summed E-state index contributed by atoms with van der Waals surface area (Å²) in [5.41, 5.74) is 1.76. The van der Waals surface area contributed by atoms with Gasteiger partial charge in [0.25, 0.3) is 5.91 Å². The number of hydrogen-bond donors (Lipinski definition) is 0. The lowest BCUT2D eigenvalue weighted by atomic mass is 10.2. The highest BCUT2D eigenvalue weighted by atomic mass is 79.9. The number of aryl methyl sites for hydroxylation is 1. The zero-order valence-electron chi connectivity index (χ0n) is 12.2. The molecule has 0 aliphatic rings. The minimum atomic E-state index is -0.0177. The Morgan fingerprint density at radius 2 is 1.81 bits per heavy atom. The van der Waals surface area contributed by atoms with E-state index in [-0.39, 0.29) is 5.91 Å². The Bertz CT molecular complexity index is 628. The van der Waals surface area contributed by atoms with Gasteiger partial charge in [0.1, 0.15) is 12.4 Å². The number of rotatable bonds is 5. The fourth-order valence-corrected chi connectivity index (χ4v) is 2.41. The third-order valence-corrected chi connectivity index (χ3v) is 3.92. The maximum Gasteiger partial charge on any atom is 0.254 e. The van der Waals surface area contributed by atoms with Gasteiger partial charge in [-0.15, -0.1) is 0 Å². The van der Waals surface area contributed by atoms with Crippen molar-refractivity contribution in [2.75, 3.05) is 20.2 Å². The Morgan fingerprint density at radius 1 is 1.14 bits per heavy atom. The van der Waals surface area contributed by atoms with Gasteiger partial charge in [0.05, 0.1) is 12.1 Å². The Hall–Kier alpha value is -1.81. The van der Waals surface area contributed by atoms with Crippen molar-refractivity contribution >= 4 is 21.8 Å². The van der Waals surface area contributed by atoms with Gasteiger partial charge in [-0.2, -0.15) is 0 Å². The molecule has 110 valence electrons. The molecule has 0 unspecified atom stereocenters. The molecule has 2 aromatic carbocycles. The average Bonchev–Trinajstić information content (AvgIpc) is 2.49. The summed E-state index contributed by atoms with van der Waals surface area (Å²) in [6.45, 7) is 3.01. The zero-order valence-corrected chi connectivity index (χ0v) is 13.8. The molecule has 2 rings (SSSR count). The second-order valence-electron chi connectivity index (χ2n) is 4.82. The van der Waals surface area contributed by atoms with Crippen LogP contribution in [0.4, 0.5) is 0 Å². The molecule has 0 aliphatic heterocycles. The van der Waals surface area contributed by atoms with E-state index in [1.165, 1.54) is 0 Å². The van der Waals surface area contributed by atoms with E-state index in [4.69, 9.17) is 4.74 Å². The number of likely N-dealkylation sites (N-methyl/N-ethyl adjacent to an activating group) is 1. The van der Waals surface area contributed by atoms with Gasteiger partial charge in [0, 0.05) is 11.5 Å². The van der Waals surface area contributed by atoms with E-state index in [1.54, 1.807) is 11.9 Å². The highest BCUT2D eigenvalue weighted by molar-refractivity contribution is 9.10. The smallest absolute Gasteiger partial charge is 0.254 e. The monoisotopic (exact) mass is 347 g/mol. The first-order chi connectivity index (χ1) is 10.1. The Morgan fingerprint density at radius 3 is 2.52 bits per heavy atom. The lowest BCUT2D eigenvalue weighted by Crippen LogP contribution is -2.31. The molecule has 0 aliphatic carbocycles. The Balaban J connectivity index is 1.90. The van der Waals surface area contributed by atoms with Gasteiger partial charge in [-0.3, -0.25) is 4.79 Å². The van der Waals surface area contributed by atoms with Crippen molar-refractivity contribution in [2.45, 2.75) is 6.92 Å². The van der Waals surface area contributed by atoms with E-state index < -0.39 is 0 Å². The van der Waals surface area contributed by atoms with Gasteiger partial charge in [-0.05, 0) is 46.6 Å². The molecule has 0 heterocycles. The Kier molecular flexibility index (Phi) is 5.39. The molecule has 21 heavy (non-hydrogen) atoms. The number of halogens is 1. The molecule has 0 fully saturated rings. The third kappa shape index (κ3) is 4.08. The van der Waals surface area contributed by atoms with E-state index in [2.05, 4.69) is 15.9 Å². The summed E-state index contributed by atoms with van der Waals surface area (Å²) in [5.74, 6) is 0.843. The van der Waals surface area contributed by atoms with Crippen LogP contribution in [0.1, 0.15) is 15.9 Å². The zero-order chi connectivity index (χ0) is 15.2. The predicted molar refractivity (Wildman–Crippen MR) is 87.8 cm³/mol. The molecule has 3 nitrogen and oxygen atoms in total. The van der Waals surface area contributed by atoms with Crippen LogP contribution in [-0.4, -0.2) is 31.0 Å². The van der Waals surface area contributed by atoms with Crippen LogP contribution in [0.5, 0.6) is 5.75 Å². The van der Waals surface area contributed by atoms with Crippen molar-refractivity contribution in [1.82, 2.24) is 4.90 Å². The van der Waals surface area contributed by atoms with Crippen molar-refractivity contribution in [3.8, 4) is 5.75 Å². The van der Waals surface area contributed by atoms with Crippen LogP contribution in [0.2, 0.25) is 0 Å². The molecule has 0 bridgehead atoms. The summed E-state index contributed by atoms with van der Waals surface area (Å²) in [5, 5.41) is 0. The molecule has 0 aromatic heterocycles. The molecular formula is C17H18BrNO2. The summed E-state index contributed by atoms with van der Waals surface area (Å²) >= 11 is 3.40. The highest BCUT2D eigenvalue weighted by Gasteiger charge is 2.14. The molecule has 2 aromatic rings. The first kappa shape index (κ1) is 15.6. The predicted octanol–water partition coefficient (Wildman–Crippen LogP) is 3.91. The molecular weight excluding hydrogens is 330 g/mol. The first-order valence-corrected chi connectivity index (χ1v) is 7.57. The van der Waals surface area contributed by atoms with Crippen LogP contribution in [0.15, 0.2) is 53.0 Å². The van der Waals surface area contributed by atoms with Crippen LogP contribution in [0.3, 0.4) is 0 Å². The topological polar surface area (TPSA) is 29.5 Å². The number of nitrogens with zero attached hydrogens (tertiary/aromatic N) is 1. The first-order valence-electron chi connectivity index (χ1n) is 6.78. The number of ether oxygens (including phenoxy) is 1. The lowest BCUT2D eigenvalue weighted by molar-refractivity contribution is 0.0773. The van der Waals surface area contributed by atoms with Crippen LogP contribution in [-0.2, 0) is 0 Å². The van der Waals surface area contributed by atoms with Crippen LogP contribution < -0.4 is 4.74 Å². The molecule has 0 saturated carbocycles. The van der Waals surface area contributed by atoms with Crippen LogP contribution in [0, 0.1) is 6.92 Å². The summed E-state index contributed by atoms with van der Waals surface area (Å²) in [7, 11) is 1.78. The maximum absolute atomic E-state index is 12.3. The van der Waals surface area contributed by atoms with Crippen molar-refractivity contribution in [2.24, 2.45) is 0 Å². The normalized spacial score (nSPS) is 10.2. The molecule has 4 heteroatoms. The van der Waals surface area contributed by atoms with E-state index in [1.807, 2.05) is 55.5 Å². The molecule has 0 atom stereocenters. The third-order valence-electron chi connectivity index (χ3n) is 3.23. The number of carbonyl (C=O) groups excluding carboxylic acids is 1. The largest absolute Gasteiger partial charge is 0.491 e. The van der Waals surface area contributed by atoms with E-state index in [0.717, 1.165) is 15.8 Å². The van der Waals surface area contributed by atoms with E-state index in [9.17, 15) is 4.79 Å². The molecule has 0 radical (unpaired) electrons. The summed E-state index contributed by atoms with van der Waals surface area (Å²) in [6, 6.07) is 15.3. The van der Waals surface area contributed by atoms with E-state index >= 15 is 0 Å². The number of para-hydroxylation sites is 1. The molecule has 0 spiro atoms. The highest BCUT2D eigenvalue weighted by Crippen LogP contribution is 2.18. The van der Waals surface area contributed by atoms with Gasteiger partial charge in [0.2, 0.25) is 0 Å². The van der Waals surface area contributed by atoms with Crippen molar-refractivity contribution in [1.29, 1.82) is 0 Å². The SMILES string of the molecule is Cc1ccccc1OCCN(C)C(=O)c1ccccc1Br. The summed E-state index contributed by atoms with van der Waals surface area (Å²) in [4.78, 5) is 14.0. The average molecular weight is 348 g/mol. The lowest BCUT2D eigenvalue weighted by Gasteiger charge is -2.18. The molecule has 1 amide bonds. The maximum atomic E-state index is 12.3. The fourth-order valence-electron chi connectivity index (χ4n) is 1.95. The molecule has 0 saturated heterocycles. The number of carbonyl (C=O) groups is 1. The second kappa shape index (κ2) is 7.27. The van der Waals surface area contributed by atoms with Crippen LogP contribution >= 0.6 is 15.9 Å².